The van der Waals surface area contributed by atoms with Crippen molar-refractivity contribution in [3.63, 3.8) is 0 Å². The monoisotopic (exact) mass is 881 g/mol. The summed E-state index contributed by atoms with van der Waals surface area (Å²) >= 11 is 0. The van der Waals surface area contributed by atoms with Crippen LogP contribution in [0.15, 0.2) is 48.8 Å². The average Bonchev–Trinajstić information content (AvgIpc) is 3.70. The fourth-order valence-corrected chi connectivity index (χ4v) is 6.68. The number of methoxy groups -OCH3 is 2. The molecule has 0 radical (unpaired) electrons. The summed E-state index contributed by atoms with van der Waals surface area (Å²) in [6.45, 7) is 3.67. The highest BCUT2D eigenvalue weighted by molar-refractivity contribution is 5.93. The van der Waals surface area contributed by atoms with Crippen LogP contribution in [-0.2, 0) is 36.6 Å². The molecule has 4 heterocycles. The Bertz CT molecular complexity index is 2540. The lowest BCUT2D eigenvalue weighted by Gasteiger charge is -2.13. The average molecular weight is 882 g/mol. The maximum atomic E-state index is 14.6. The molecule has 4 N–H and O–H groups in total. The zero-order valence-corrected chi connectivity index (χ0v) is 36.2. The van der Waals surface area contributed by atoms with E-state index in [9.17, 15) is 38.2 Å². The molecule has 2 saturated heterocycles. The normalized spacial score (nSPS) is 17.8. The summed E-state index contributed by atoms with van der Waals surface area (Å²) < 4.78 is 44.3. The molecule has 64 heavy (non-hydrogen) atoms. The van der Waals surface area contributed by atoms with E-state index in [2.05, 4.69) is 43.6 Å². The van der Waals surface area contributed by atoms with Crippen molar-refractivity contribution < 1.29 is 52.4 Å². The van der Waals surface area contributed by atoms with Gasteiger partial charge in [0.25, 0.3) is 17.7 Å². The van der Waals surface area contributed by atoms with E-state index in [0.717, 1.165) is 0 Å². The summed E-state index contributed by atoms with van der Waals surface area (Å²) in [5.74, 6) is 7.15. The van der Waals surface area contributed by atoms with Crippen molar-refractivity contribution >= 4 is 23.7 Å². The molecular formula is C46H49F2N7O9. The van der Waals surface area contributed by atoms with Crippen molar-refractivity contribution in [1.82, 2.24) is 29.7 Å². The Labute approximate surface area is 369 Å². The molecule has 2 aromatic carbocycles. The number of nitrogens with zero attached hydrogens (tertiary/aromatic N) is 6. The van der Waals surface area contributed by atoms with Crippen LogP contribution >= 0.6 is 0 Å². The summed E-state index contributed by atoms with van der Waals surface area (Å²) in [6, 6.07) is 8.07. The fraction of sp³-hybridized carbons (Fsp3) is 0.391. The lowest BCUT2D eigenvalue weighted by molar-refractivity contribution is -0.138. The molecular weight excluding hydrogens is 833 g/mol. The lowest BCUT2D eigenvalue weighted by Crippen LogP contribution is -2.37. The van der Waals surface area contributed by atoms with E-state index in [0.29, 0.717) is 74.2 Å². The van der Waals surface area contributed by atoms with E-state index in [1.165, 1.54) is 58.6 Å². The first-order chi connectivity index (χ1) is 30.5. The molecule has 0 spiro atoms. The Hall–Kier alpha value is -6.70. The van der Waals surface area contributed by atoms with Gasteiger partial charge in [-0.15, -0.1) is 0 Å². The predicted molar refractivity (Wildman–Crippen MR) is 228 cm³/mol. The number of esters is 1. The van der Waals surface area contributed by atoms with Crippen molar-refractivity contribution in [2.24, 2.45) is 5.73 Å². The molecule has 0 saturated carbocycles. The number of likely N-dealkylation sites (N-methyl/N-ethyl adjacent to an activating group) is 2. The van der Waals surface area contributed by atoms with Gasteiger partial charge in [-0.2, -0.15) is 0 Å². The van der Waals surface area contributed by atoms with Crippen LogP contribution in [-0.4, -0.2) is 136 Å². The van der Waals surface area contributed by atoms with Gasteiger partial charge < -0.3 is 40.0 Å². The zero-order valence-electron chi connectivity index (χ0n) is 36.2. The minimum atomic E-state index is -1.76. The molecule has 2 atom stereocenters. The highest BCUT2D eigenvalue weighted by Crippen LogP contribution is 2.26. The molecule has 2 aliphatic rings. The lowest BCUT2D eigenvalue weighted by atomic mass is 10.0. The number of carbonyl (C=O) groups excluding carboxylic acids is 4. The van der Waals surface area contributed by atoms with E-state index < -0.39 is 46.5 Å². The second-order valence-electron chi connectivity index (χ2n) is 15.0. The molecule has 6 rings (SSSR count). The van der Waals surface area contributed by atoms with Crippen LogP contribution in [0.3, 0.4) is 0 Å². The van der Waals surface area contributed by atoms with Crippen LogP contribution in [0.1, 0.15) is 75.8 Å². The van der Waals surface area contributed by atoms with E-state index in [4.69, 9.17) is 19.9 Å². The molecule has 0 unspecified atom stereocenters. The number of halogens is 2. The number of hydrogen-bond donors (Lipinski definition) is 3. The van der Waals surface area contributed by atoms with Crippen molar-refractivity contribution in [3.05, 3.63) is 94.1 Å². The van der Waals surface area contributed by atoms with Gasteiger partial charge in [0.15, 0.2) is 17.3 Å². The molecule has 16 nitrogen and oxygen atoms in total. The number of ether oxygens (including phenoxy) is 3. The minimum Gasteiger partial charge on any atom is -0.461 e. The van der Waals surface area contributed by atoms with Gasteiger partial charge in [-0.05, 0) is 69.0 Å². The van der Waals surface area contributed by atoms with E-state index in [-0.39, 0.29) is 53.6 Å². The van der Waals surface area contributed by atoms with E-state index >= 15 is 0 Å². The van der Waals surface area contributed by atoms with Crippen LogP contribution < -0.4 is 5.73 Å². The largest absolute Gasteiger partial charge is 0.461 e. The Kier molecular flexibility index (Phi) is 16.3. The third-order valence-corrected chi connectivity index (χ3v) is 10.3. The quantitative estimate of drug-likeness (QED) is 0.100. The maximum Gasteiger partial charge on any atom is 0.357 e. The van der Waals surface area contributed by atoms with Gasteiger partial charge in [0.2, 0.25) is 11.2 Å². The number of aromatic nitrogens is 4. The molecule has 0 bridgehead atoms. The number of aryl methyl sites for hydroxylation is 2. The first-order valence-corrected chi connectivity index (χ1v) is 20.3. The van der Waals surface area contributed by atoms with Crippen molar-refractivity contribution in [1.29, 1.82) is 0 Å². The summed E-state index contributed by atoms with van der Waals surface area (Å²) in [6.07, 6.45) is 5.61. The minimum absolute atomic E-state index is 0.00471. The zero-order chi connectivity index (χ0) is 46.6. The third-order valence-electron chi connectivity index (χ3n) is 10.3. The van der Waals surface area contributed by atoms with Gasteiger partial charge in [0.1, 0.15) is 17.3 Å². The molecule has 2 fully saturated rings. The van der Waals surface area contributed by atoms with Crippen LogP contribution in [0.25, 0.3) is 22.8 Å². The fourth-order valence-electron chi connectivity index (χ4n) is 6.68. The summed E-state index contributed by atoms with van der Waals surface area (Å²) in [5.41, 5.74) is 3.95. The van der Waals surface area contributed by atoms with Gasteiger partial charge in [-0.25, -0.2) is 33.5 Å². The van der Waals surface area contributed by atoms with Gasteiger partial charge in [0.05, 0.1) is 17.7 Å². The molecule has 336 valence electrons. The van der Waals surface area contributed by atoms with Crippen molar-refractivity contribution in [3.8, 4) is 46.5 Å². The summed E-state index contributed by atoms with van der Waals surface area (Å²) in [5, 5.41) is 20.9. The first kappa shape index (κ1) is 48.3. The highest BCUT2D eigenvalue weighted by Gasteiger charge is 2.43. The molecule has 3 amide bonds. The first-order valence-electron chi connectivity index (χ1n) is 20.3. The highest BCUT2D eigenvalue weighted by atomic mass is 19.1. The molecule has 2 aromatic heterocycles. The standard InChI is InChI=1S/C24H26FN3O5.C22H23FN4O4/c1-4-33-22(29)20-17(6-5-13-32-3)15-26-21(27-20)18-14-16(7-8-19(18)25)9-10-24(31)11-12-28(2)23(24)30;1-27-10-9-22(30,21(27)29)8-7-14-5-6-17(23)16(12-14)20-25-13-15(4-3-11-31-2)18(26-20)19(24)28/h7-8,14-15,31H,4-6,11-13H2,1-3H3;5-6,12-13,30H,3-4,9-11H2,1-2H3,(H2,24,28)/t24-;22-/m00/s1. The van der Waals surface area contributed by atoms with E-state index in [1.54, 1.807) is 35.2 Å². The third kappa shape index (κ3) is 11.7. The molecule has 0 aliphatic carbocycles. The SMILES string of the molecule is CCOC(=O)c1nc(-c2cc(C#C[C@]3(O)CCN(C)C3=O)ccc2F)ncc1CCCOC.COCCCc1cnc(-c2cc(C#C[C@]3(O)CCN(C)C3=O)ccc2F)nc1C(N)=O. The van der Waals surface area contributed by atoms with Crippen LogP contribution in [0.5, 0.6) is 0 Å². The van der Waals surface area contributed by atoms with Crippen LogP contribution in [0.4, 0.5) is 8.78 Å². The van der Waals surface area contributed by atoms with Crippen LogP contribution in [0.2, 0.25) is 0 Å². The Morgan fingerprint density at radius 1 is 0.766 bits per heavy atom. The van der Waals surface area contributed by atoms with Crippen LogP contribution in [0, 0.1) is 35.3 Å². The second-order valence-corrected chi connectivity index (χ2v) is 15.0. The Balaban J connectivity index is 0.000000241. The summed E-state index contributed by atoms with van der Waals surface area (Å²) in [7, 11) is 6.34. The molecule has 18 heteroatoms. The number of likely N-dealkylation sites (tertiary alicyclic amines) is 2. The Morgan fingerprint density at radius 3 is 1.59 bits per heavy atom. The number of hydrogen-bond acceptors (Lipinski definition) is 13. The number of benzene rings is 2. The number of aliphatic hydroxyl groups is 2. The van der Waals surface area contributed by atoms with Gasteiger partial charge in [-0.1, -0.05) is 23.7 Å². The van der Waals surface area contributed by atoms with Crippen molar-refractivity contribution in [2.45, 2.75) is 56.7 Å². The van der Waals surface area contributed by atoms with Crippen molar-refractivity contribution in [2.75, 3.05) is 61.2 Å². The number of nitrogens with two attached hydrogens (primary N) is 1. The number of carbonyl (C=O) groups is 4. The summed E-state index contributed by atoms with van der Waals surface area (Å²) in [4.78, 5) is 68.2. The molecule has 4 aromatic rings. The number of rotatable bonds is 13. The smallest absolute Gasteiger partial charge is 0.357 e. The Morgan fingerprint density at radius 2 is 1.20 bits per heavy atom. The topological polar surface area (TPSA) is 220 Å². The van der Waals surface area contributed by atoms with Gasteiger partial charge in [-0.3, -0.25) is 14.4 Å². The van der Waals surface area contributed by atoms with E-state index in [1.807, 2.05) is 0 Å². The predicted octanol–water partition coefficient (Wildman–Crippen LogP) is 2.89. The molecule has 2 aliphatic heterocycles. The van der Waals surface area contributed by atoms with Gasteiger partial charge in [0, 0.05) is 102 Å². The maximum absolute atomic E-state index is 14.6. The second kappa shape index (κ2) is 21.6. The number of primary amides is 1. The number of amides is 3. The van der Waals surface area contributed by atoms with Gasteiger partial charge >= 0.3 is 5.97 Å².